The molecule has 5 nitrogen and oxygen atoms in total. The molecular weight excluding hydrogens is 196 g/mol. The Balaban J connectivity index is 2.01. The number of hydrogen-bond acceptors (Lipinski definition) is 3. The van der Waals surface area contributed by atoms with Crippen molar-refractivity contribution >= 4 is 12.0 Å². The van der Waals surface area contributed by atoms with Gasteiger partial charge in [-0.3, -0.25) is 0 Å². The largest absolute Gasteiger partial charge is 0.363 e. The molecule has 0 unspecified atom stereocenters. The van der Waals surface area contributed by atoms with Gasteiger partial charge in [0.25, 0.3) is 0 Å². The van der Waals surface area contributed by atoms with Gasteiger partial charge in [-0.15, -0.1) is 0 Å². The number of benzene rings is 1. The van der Waals surface area contributed by atoms with Crippen molar-refractivity contribution in [3.8, 4) is 0 Å². The zero-order valence-electron chi connectivity index (χ0n) is 7.97. The highest BCUT2D eigenvalue weighted by Crippen LogP contribution is 2.05. The molecule has 0 aliphatic carbocycles. The molecular formula is C10H10N2O3. The summed E-state index contributed by atoms with van der Waals surface area (Å²) in [6.45, 7) is 0.887. The molecule has 0 bridgehead atoms. The standard InChI is InChI=1S/C10H10N2O3/c13-9(8-4-2-1-3-5-8)15-12-7-6-11-10(12)14/h1-5H,6-7H2,(H,11,14). The lowest BCUT2D eigenvalue weighted by atomic mass is 10.2. The molecule has 0 radical (unpaired) electrons. The Morgan fingerprint density at radius 1 is 1.33 bits per heavy atom. The number of amides is 2. The van der Waals surface area contributed by atoms with Gasteiger partial charge in [-0.1, -0.05) is 18.2 Å². The number of nitrogens with zero attached hydrogens (tertiary/aromatic N) is 1. The van der Waals surface area contributed by atoms with E-state index >= 15 is 0 Å². The van der Waals surface area contributed by atoms with Crippen LogP contribution in [0.5, 0.6) is 0 Å². The average molecular weight is 206 g/mol. The molecule has 1 aromatic rings. The molecule has 0 atom stereocenters. The SMILES string of the molecule is O=C(ON1CCNC1=O)c1ccccc1. The highest BCUT2D eigenvalue weighted by molar-refractivity contribution is 5.90. The van der Waals surface area contributed by atoms with Crippen LogP contribution in [0.2, 0.25) is 0 Å². The Morgan fingerprint density at radius 3 is 2.67 bits per heavy atom. The van der Waals surface area contributed by atoms with Crippen molar-refractivity contribution in [1.29, 1.82) is 0 Å². The molecule has 1 heterocycles. The summed E-state index contributed by atoms with van der Waals surface area (Å²) >= 11 is 0. The van der Waals surface area contributed by atoms with Gasteiger partial charge in [0, 0.05) is 6.54 Å². The number of nitrogens with one attached hydrogen (secondary N) is 1. The van der Waals surface area contributed by atoms with Crippen molar-refractivity contribution in [1.82, 2.24) is 10.4 Å². The molecule has 78 valence electrons. The normalized spacial score (nSPS) is 14.9. The summed E-state index contributed by atoms with van der Waals surface area (Å²) < 4.78 is 0. The van der Waals surface area contributed by atoms with E-state index in [1.807, 2.05) is 0 Å². The summed E-state index contributed by atoms with van der Waals surface area (Å²) in [6.07, 6.45) is 0. The molecule has 0 spiro atoms. The fourth-order valence-corrected chi connectivity index (χ4v) is 1.27. The fourth-order valence-electron chi connectivity index (χ4n) is 1.27. The summed E-state index contributed by atoms with van der Waals surface area (Å²) in [7, 11) is 0. The van der Waals surface area contributed by atoms with E-state index in [1.165, 1.54) is 0 Å². The van der Waals surface area contributed by atoms with Crippen molar-refractivity contribution in [3.05, 3.63) is 35.9 Å². The molecule has 1 aliphatic rings. The second-order valence-electron chi connectivity index (χ2n) is 3.08. The first-order chi connectivity index (χ1) is 7.27. The summed E-state index contributed by atoms with van der Waals surface area (Å²) in [5, 5.41) is 3.56. The van der Waals surface area contributed by atoms with E-state index in [1.54, 1.807) is 30.3 Å². The van der Waals surface area contributed by atoms with E-state index in [4.69, 9.17) is 4.84 Å². The number of carbonyl (C=O) groups excluding carboxylic acids is 2. The molecule has 1 N–H and O–H groups in total. The predicted octanol–water partition coefficient (Wildman–Crippen LogP) is 0.784. The van der Waals surface area contributed by atoms with Gasteiger partial charge in [0.15, 0.2) is 0 Å². The number of rotatable bonds is 2. The number of carbonyl (C=O) groups is 2. The second-order valence-corrected chi connectivity index (χ2v) is 3.08. The van der Waals surface area contributed by atoms with E-state index in [-0.39, 0.29) is 6.03 Å². The van der Waals surface area contributed by atoms with Gasteiger partial charge in [0.1, 0.15) is 0 Å². The van der Waals surface area contributed by atoms with Gasteiger partial charge < -0.3 is 10.2 Å². The van der Waals surface area contributed by atoms with E-state index in [9.17, 15) is 9.59 Å². The average Bonchev–Trinajstić information content (AvgIpc) is 2.66. The van der Waals surface area contributed by atoms with Crippen molar-refractivity contribution in [2.75, 3.05) is 13.1 Å². The summed E-state index contributed by atoms with van der Waals surface area (Å²) in [5.41, 5.74) is 0.428. The maximum Gasteiger partial charge on any atom is 0.363 e. The van der Waals surface area contributed by atoms with Gasteiger partial charge >= 0.3 is 12.0 Å². The molecule has 0 aromatic heterocycles. The first-order valence-electron chi connectivity index (χ1n) is 4.60. The molecule has 0 saturated carbocycles. The zero-order valence-corrected chi connectivity index (χ0v) is 7.97. The quantitative estimate of drug-likeness (QED) is 0.778. The third kappa shape index (κ3) is 2.07. The highest BCUT2D eigenvalue weighted by Gasteiger charge is 2.24. The highest BCUT2D eigenvalue weighted by atomic mass is 16.7. The molecule has 2 amide bonds. The zero-order chi connectivity index (χ0) is 10.7. The topological polar surface area (TPSA) is 58.6 Å². The van der Waals surface area contributed by atoms with Crippen molar-refractivity contribution in [2.24, 2.45) is 0 Å². The second kappa shape index (κ2) is 4.00. The van der Waals surface area contributed by atoms with Crippen LogP contribution in [0, 0.1) is 0 Å². The third-order valence-electron chi connectivity index (χ3n) is 2.02. The molecule has 1 fully saturated rings. The third-order valence-corrected chi connectivity index (χ3v) is 2.02. The van der Waals surface area contributed by atoms with Crippen LogP contribution in [0.3, 0.4) is 0 Å². The van der Waals surface area contributed by atoms with Crippen LogP contribution < -0.4 is 5.32 Å². The van der Waals surface area contributed by atoms with Crippen LogP contribution in [0.4, 0.5) is 4.79 Å². The van der Waals surface area contributed by atoms with Crippen LogP contribution in [0.1, 0.15) is 10.4 Å². The molecule has 1 aliphatic heterocycles. The molecule has 1 aromatic carbocycles. The minimum atomic E-state index is -0.521. The van der Waals surface area contributed by atoms with Crippen molar-refractivity contribution in [2.45, 2.75) is 0 Å². The minimum absolute atomic E-state index is 0.376. The first kappa shape index (κ1) is 9.51. The van der Waals surface area contributed by atoms with Gasteiger partial charge in [-0.05, 0) is 12.1 Å². The Bertz CT molecular complexity index is 378. The maximum atomic E-state index is 11.5. The number of urea groups is 1. The van der Waals surface area contributed by atoms with Gasteiger partial charge in [-0.2, -0.15) is 5.06 Å². The molecule has 1 saturated heterocycles. The molecule has 15 heavy (non-hydrogen) atoms. The number of hydrogen-bond donors (Lipinski definition) is 1. The fraction of sp³-hybridized carbons (Fsp3) is 0.200. The Morgan fingerprint density at radius 2 is 2.07 bits per heavy atom. The van der Waals surface area contributed by atoms with E-state index in [0.717, 1.165) is 5.06 Å². The summed E-state index contributed by atoms with van der Waals surface area (Å²) in [4.78, 5) is 27.5. The lowest BCUT2D eigenvalue weighted by molar-refractivity contribution is -0.0605. The van der Waals surface area contributed by atoms with Crippen LogP contribution in [0.25, 0.3) is 0 Å². The Kier molecular flexibility index (Phi) is 2.53. The minimum Gasteiger partial charge on any atom is -0.334 e. The monoisotopic (exact) mass is 206 g/mol. The van der Waals surface area contributed by atoms with Gasteiger partial charge in [0.05, 0.1) is 12.1 Å². The number of hydroxylamine groups is 2. The first-order valence-corrected chi connectivity index (χ1v) is 4.60. The van der Waals surface area contributed by atoms with E-state index in [2.05, 4.69) is 5.32 Å². The van der Waals surface area contributed by atoms with Crippen LogP contribution in [0.15, 0.2) is 30.3 Å². The maximum absolute atomic E-state index is 11.5. The Hall–Kier alpha value is -2.04. The van der Waals surface area contributed by atoms with Crippen molar-refractivity contribution < 1.29 is 14.4 Å². The van der Waals surface area contributed by atoms with Crippen LogP contribution >= 0.6 is 0 Å². The van der Waals surface area contributed by atoms with Crippen molar-refractivity contribution in [3.63, 3.8) is 0 Å². The molecule has 2 rings (SSSR count). The lowest BCUT2D eigenvalue weighted by Gasteiger charge is -2.12. The molecule has 5 heteroatoms. The Labute approximate surface area is 86.6 Å². The van der Waals surface area contributed by atoms with Gasteiger partial charge in [0.2, 0.25) is 0 Å². The smallest absolute Gasteiger partial charge is 0.334 e. The van der Waals surface area contributed by atoms with E-state index < -0.39 is 5.97 Å². The van der Waals surface area contributed by atoms with Gasteiger partial charge in [-0.25, -0.2) is 9.59 Å². The predicted molar refractivity (Wildman–Crippen MR) is 52.0 cm³/mol. The summed E-state index contributed by atoms with van der Waals surface area (Å²) in [6, 6.07) is 8.17. The van der Waals surface area contributed by atoms with E-state index in [0.29, 0.717) is 18.7 Å². The lowest BCUT2D eigenvalue weighted by Crippen LogP contribution is -2.30. The summed E-state index contributed by atoms with van der Waals surface area (Å²) in [5.74, 6) is -0.521. The van der Waals surface area contributed by atoms with Crippen LogP contribution in [-0.4, -0.2) is 30.2 Å². The van der Waals surface area contributed by atoms with Crippen LogP contribution in [-0.2, 0) is 4.84 Å².